The van der Waals surface area contributed by atoms with Crippen molar-refractivity contribution < 1.29 is 9.59 Å². The Balaban J connectivity index is 2.19. The molecule has 0 saturated carbocycles. The first-order valence-corrected chi connectivity index (χ1v) is 6.50. The van der Waals surface area contributed by atoms with E-state index < -0.39 is 0 Å². The van der Waals surface area contributed by atoms with E-state index in [1.54, 1.807) is 23.1 Å². The number of nitrogens with two attached hydrogens (primary N) is 2. The summed E-state index contributed by atoms with van der Waals surface area (Å²) < 4.78 is 0. The van der Waals surface area contributed by atoms with Crippen molar-refractivity contribution in [2.45, 2.75) is 12.8 Å². The van der Waals surface area contributed by atoms with Gasteiger partial charge in [0.1, 0.15) is 0 Å². The molecule has 1 aliphatic heterocycles. The molecule has 0 aliphatic carbocycles. The van der Waals surface area contributed by atoms with E-state index in [0.717, 1.165) is 12.8 Å². The standard InChI is InChI=1S/C13H16ClN3O2/c14-9-3-4-11(15)10(6-9)13(19)17-5-1-2-8(7-17)12(16)18/h3-4,6,8H,1-2,5,7,15H2,(H2,16,18)/t8-/m1/s1. The molecule has 0 spiro atoms. The Hall–Kier alpha value is -1.75. The van der Waals surface area contributed by atoms with Crippen LogP contribution >= 0.6 is 11.6 Å². The number of nitrogen functional groups attached to an aromatic ring is 1. The van der Waals surface area contributed by atoms with Gasteiger partial charge in [0.05, 0.1) is 11.5 Å². The van der Waals surface area contributed by atoms with Gasteiger partial charge in [-0.25, -0.2) is 0 Å². The zero-order chi connectivity index (χ0) is 14.0. The van der Waals surface area contributed by atoms with Crippen LogP contribution in [0.5, 0.6) is 0 Å². The number of halogens is 1. The van der Waals surface area contributed by atoms with E-state index in [0.29, 0.717) is 29.4 Å². The molecule has 19 heavy (non-hydrogen) atoms. The van der Waals surface area contributed by atoms with E-state index in [9.17, 15) is 9.59 Å². The van der Waals surface area contributed by atoms with Crippen molar-refractivity contribution in [2.24, 2.45) is 11.7 Å². The first kappa shape index (κ1) is 13.7. The summed E-state index contributed by atoms with van der Waals surface area (Å²) in [6.07, 6.45) is 1.49. The average molecular weight is 282 g/mol. The zero-order valence-electron chi connectivity index (χ0n) is 10.4. The molecule has 102 valence electrons. The summed E-state index contributed by atoms with van der Waals surface area (Å²) >= 11 is 5.88. The maximum absolute atomic E-state index is 12.4. The van der Waals surface area contributed by atoms with Gasteiger partial charge in [-0.15, -0.1) is 0 Å². The van der Waals surface area contributed by atoms with E-state index >= 15 is 0 Å². The van der Waals surface area contributed by atoms with Crippen molar-refractivity contribution in [3.05, 3.63) is 28.8 Å². The zero-order valence-corrected chi connectivity index (χ0v) is 11.2. The number of carbonyl (C=O) groups is 2. The minimum Gasteiger partial charge on any atom is -0.398 e. The number of piperidine rings is 1. The van der Waals surface area contributed by atoms with Gasteiger partial charge in [0.25, 0.3) is 5.91 Å². The summed E-state index contributed by atoms with van der Waals surface area (Å²) in [5.74, 6) is -0.847. The summed E-state index contributed by atoms with van der Waals surface area (Å²) in [6.45, 7) is 0.953. The molecule has 0 bridgehead atoms. The Morgan fingerprint density at radius 1 is 1.37 bits per heavy atom. The molecule has 1 saturated heterocycles. The van der Waals surface area contributed by atoms with Gasteiger partial charge in [0.2, 0.25) is 5.91 Å². The molecule has 2 rings (SSSR count). The van der Waals surface area contributed by atoms with Crippen LogP contribution in [-0.4, -0.2) is 29.8 Å². The number of hydrogen-bond acceptors (Lipinski definition) is 3. The number of anilines is 1. The van der Waals surface area contributed by atoms with Crippen LogP contribution in [0.1, 0.15) is 23.2 Å². The van der Waals surface area contributed by atoms with Gasteiger partial charge in [-0.2, -0.15) is 0 Å². The second-order valence-electron chi connectivity index (χ2n) is 4.72. The van der Waals surface area contributed by atoms with Crippen LogP contribution in [0.2, 0.25) is 5.02 Å². The summed E-state index contributed by atoms with van der Waals surface area (Å²) in [5.41, 5.74) is 11.9. The quantitative estimate of drug-likeness (QED) is 0.800. The Bertz CT molecular complexity index is 519. The smallest absolute Gasteiger partial charge is 0.256 e. The molecule has 0 aromatic heterocycles. The molecule has 1 aromatic carbocycles. The lowest BCUT2D eigenvalue weighted by molar-refractivity contribution is -0.123. The van der Waals surface area contributed by atoms with Crippen molar-refractivity contribution in [3.8, 4) is 0 Å². The van der Waals surface area contributed by atoms with Gasteiger partial charge in [-0.1, -0.05) is 11.6 Å². The number of rotatable bonds is 2. The van der Waals surface area contributed by atoms with Crippen LogP contribution in [0.25, 0.3) is 0 Å². The number of amides is 2. The highest BCUT2D eigenvalue weighted by Crippen LogP contribution is 2.23. The molecule has 0 radical (unpaired) electrons. The summed E-state index contributed by atoms with van der Waals surface area (Å²) in [7, 11) is 0. The van der Waals surface area contributed by atoms with E-state index in [1.807, 2.05) is 0 Å². The molecule has 2 amide bonds. The second kappa shape index (κ2) is 5.48. The van der Waals surface area contributed by atoms with Crippen LogP contribution < -0.4 is 11.5 Å². The number of likely N-dealkylation sites (tertiary alicyclic amines) is 1. The van der Waals surface area contributed by atoms with E-state index in [2.05, 4.69) is 0 Å². The SMILES string of the molecule is NC(=O)[C@@H]1CCCN(C(=O)c2cc(Cl)ccc2N)C1. The highest BCUT2D eigenvalue weighted by atomic mass is 35.5. The lowest BCUT2D eigenvalue weighted by atomic mass is 9.96. The number of nitrogens with zero attached hydrogens (tertiary/aromatic N) is 1. The predicted molar refractivity (Wildman–Crippen MR) is 73.7 cm³/mol. The monoisotopic (exact) mass is 281 g/mol. The Kier molecular flexibility index (Phi) is 3.95. The maximum Gasteiger partial charge on any atom is 0.256 e. The first-order valence-electron chi connectivity index (χ1n) is 6.12. The second-order valence-corrected chi connectivity index (χ2v) is 5.16. The van der Waals surface area contributed by atoms with Crippen LogP contribution in [-0.2, 0) is 4.79 Å². The Labute approximate surface area is 116 Å². The van der Waals surface area contributed by atoms with Gasteiger partial charge in [-0.05, 0) is 31.0 Å². The Morgan fingerprint density at radius 3 is 2.79 bits per heavy atom. The van der Waals surface area contributed by atoms with Crippen LogP contribution in [0.4, 0.5) is 5.69 Å². The van der Waals surface area contributed by atoms with Gasteiger partial charge < -0.3 is 16.4 Å². The van der Waals surface area contributed by atoms with E-state index in [4.69, 9.17) is 23.1 Å². The maximum atomic E-state index is 12.4. The largest absolute Gasteiger partial charge is 0.398 e. The van der Waals surface area contributed by atoms with Crippen molar-refractivity contribution in [2.75, 3.05) is 18.8 Å². The van der Waals surface area contributed by atoms with Crippen LogP contribution in [0, 0.1) is 5.92 Å². The molecule has 5 nitrogen and oxygen atoms in total. The van der Waals surface area contributed by atoms with Crippen molar-refractivity contribution in [1.82, 2.24) is 4.90 Å². The third-order valence-electron chi connectivity index (χ3n) is 3.36. The molecule has 6 heteroatoms. The van der Waals surface area contributed by atoms with Gasteiger partial charge >= 0.3 is 0 Å². The van der Waals surface area contributed by atoms with Gasteiger partial charge in [0, 0.05) is 23.8 Å². The number of benzene rings is 1. The lowest BCUT2D eigenvalue weighted by Gasteiger charge is -2.31. The Morgan fingerprint density at radius 2 is 2.11 bits per heavy atom. The summed E-state index contributed by atoms with van der Waals surface area (Å²) in [4.78, 5) is 25.2. The molecule has 0 unspecified atom stereocenters. The highest BCUT2D eigenvalue weighted by Gasteiger charge is 2.28. The van der Waals surface area contributed by atoms with Crippen LogP contribution in [0.15, 0.2) is 18.2 Å². The third kappa shape index (κ3) is 2.98. The molecule has 1 aromatic rings. The van der Waals surface area contributed by atoms with Gasteiger partial charge in [0.15, 0.2) is 0 Å². The van der Waals surface area contributed by atoms with E-state index in [-0.39, 0.29) is 17.7 Å². The molecule has 1 atom stereocenters. The molecule has 1 heterocycles. The fourth-order valence-corrected chi connectivity index (χ4v) is 2.45. The van der Waals surface area contributed by atoms with Crippen molar-refractivity contribution in [1.29, 1.82) is 0 Å². The fraction of sp³-hybridized carbons (Fsp3) is 0.385. The average Bonchev–Trinajstić information content (AvgIpc) is 2.41. The first-order chi connectivity index (χ1) is 8.99. The third-order valence-corrected chi connectivity index (χ3v) is 3.59. The number of carbonyl (C=O) groups excluding carboxylic acids is 2. The van der Waals surface area contributed by atoms with E-state index in [1.165, 1.54) is 0 Å². The number of hydrogen-bond donors (Lipinski definition) is 2. The highest BCUT2D eigenvalue weighted by molar-refractivity contribution is 6.31. The topological polar surface area (TPSA) is 89.4 Å². The van der Waals surface area contributed by atoms with Crippen molar-refractivity contribution in [3.63, 3.8) is 0 Å². The lowest BCUT2D eigenvalue weighted by Crippen LogP contribution is -2.44. The summed E-state index contributed by atoms with van der Waals surface area (Å²) in [6, 6.07) is 4.79. The molecule has 1 fully saturated rings. The van der Waals surface area contributed by atoms with Gasteiger partial charge in [-0.3, -0.25) is 9.59 Å². The molecule has 1 aliphatic rings. The molecular formula is C13H16ClN3O2. The normalized spacial score (nSPS) is 19.2. The molecule has 4 N–H and O–H groups in total. The fourth-order valence-electron chi connectivity index (χ4n) is 2.28. The summed E-state index contributed by atoms with van der Waals surface area (Å²) in [5, 5.41) is 0.459. The molecular weight excluding hydrogens is 266 g/mol. The number of primary amides is 1. The van der Waals surface area contributed by atoms with Crippen molar-refractivity contribution >= 4 is 29.1 Å². The minimum absolute atomic E-state index is 0.203. The van der Waals surface area contributed by atoms with Crippen LogP contribution in [0.3, 0.4) is 0 Å². The minimum atomic E-state index is -0.364. The predicted octanol–water partition coefficient (Wildman–Crippen LogP) is 1.26.